The second-order valence-electron chi connectivity index (χ2n) is 6.19. The molecule has 128 valence electrons. The summed E-state index contributed by atoms with van der Waals surface area (Å²) in [5, 5.41) is 8.57. The quantitative estimate of drug-likeness (QED) is 0.640. The maximum Gasteiger partial charge on any atom is 0.190 e. The van der Waals surface area contributed by atoms with Crippen molar-refractivity contribution in [1.29, 1.82) is 0 Å². The number of nitrogens with zero attached hydrogens (tertiary/aromatic N) is 4. The zero-order chi connectivity index (χ0) is 17.1. The van der Waals surface area contributed by atoms with Gasteiger partial charge in [-0.2, -0.15) is 5.10 Å². The van der Waals surface area contributed by atoms with Gasteiger partial charge in [0.15, 0.2) is 5.11 Å². The molecule has 1 atom stereocenters. The molecule has 25 heavy (non-hydrogen) atoms. The molecule has 7 heteroatoms. The molecular weight excluding hydrogens is 332 g/mol. The molecule has 0 amide bonds. The van der Waals surface area contributed by atoms with E-state index in [1.54, 1.807) is 12.4 Å². The van der Waals surface area contributed by atoms with Crippen LogP contribution in [0.3, 0.4) is 0 Å². The summed E-state index contributed by atoms with van der Waals surface area (Å²) in [4.78, 5) is 10.9. The molecule has 0 radical (unpaired) electrons. The molecule has 6 nitrogen and oxygen atoms in total. The molecule has 0 aromatic carbocycles. The molecule has 2 aromatic heterocycles. The van der Waals surface area contributed by atoms with Gasteiger partial charge in [-0.15, -0.1) is 0 Å². The normalized spacial score (nSPS) is 20.9. The van der Waals surface area contributed by atoms with Crippen molar-refractivity contribution in [2.24, 2.45) is 5.10 Å². The zero-order valence-electron chi connectivity index (χ0n) is 13.9. The second-order valence-corrected chi connectivity index (χ2v) is 6.58. The Morgan fingerprint density at radius 3 is 3.12 bits per heavy atom. The summed E-state index contributed by atoms with van der Waals surface area (Å²) in [6.07, 6.45) is 8.53. The molecule has 1 fully saturated rings. The van der Waals surface area contributed by atoms with E-state index in [0.29, 0.717) is 5.11 Å². The van der Waals surface area contributed by atoms with Gasteiger partial charge in [-0.1, -0.05) is 6.07 Å². The highest BCUT2D eigenvalue weighted by molar-refractivity contribution is 7.80. The predicted octanol–water partition coefficient (Wildman–Crippen LogP) is 2.71. The molecule has 1 unspecified atom stereocenters. The first-order valence-corrected chi connectivity index (χ1v) is 8.96. The van der Waals surface area contributed by atoms with Gasteiger partial charge in [0, 0.05) is 38.1 Å². The smallest absolute Gasteiger partial charge is 0.190 e. The van der Waals surface area contributed by atoms with E-state index in [2.05, 4.69) is 36.8 Å². The third kappa shape index (κ3) is 3.32. The fraction of sp³-hybridized carbons (Fsp3) is 0.333. The van der Waals surface area contributed by atoms with Gasteiger partial charge in [-0.05, 0) is 48.8 Å². The predicted molar refractivity (Wildman–Crippen MR) is 103 cm³/mol. The van der Waals surface area contributed by atoms with Crippen LogP contribution in [0, 0.1) is 0 Å². The van der Waals surface area contributed by atoms with Crippen molar-refractivity contribution in [3.8, 4) is 0 Å². The number of nitrogens with one attached hydrogen (secondary N) is 2. The molecule has 4 rings (SSSR count). The summed E-state index contributed by atoms with van der Waals surface area (Å²) in [7, 11) is 0. The lowest BCUT2D eigenvalue weighted by molar-refractivity contribution is 0.394. The monoisotopic (exact) mass is 352 g/mol. The van der Waals surface area contributed by atoms with Crippen molar-refractivity contribution >= 4 is 28.7 Å². The maximum absolute atomic E-state index is 5.61. The van der Waals surface area contributed by atoms with Gasteiger partial charge >= 0.3 is 0 Å². The molecule has 1 saturated heterocycles. The van der Waals surface area contributed by atoms with E-state index in [0.717, 1.165) is 49.4 Å². The maximum atomic E-state index is 5.61. The highest BCUT2D eigenvalue weighted by Gasteiger charge is 2.28. The van der Waals surface area contributed by atoms with Crippen molar-refractivity contribution in [2.75, 3.05) is 18.4 Å². The van der Waals surface area contributed by atoms with Crippen LogP contribution < -0.4 is 10.7 Å². The minimum atomic E-state index is 0.271. The molecule has 4 heterocycles. The molecule has 0 bridgehead atoms. The fourth-order valence-corrected chi connectivity index (χ4v) is 3.69. The Morgan fingerprint density at radius 1 is 1.32 bits per heavy atom. The summed E-state index contributed by atoms with van der Waals surface area (Å²) in [5.74, 6) is 0. The van der Waals surface area contributed by atoms with Crippen molar-refractivity contribution in [1.82, 2.24) is 20.3 Å². The highest BCUT2D eigenvalue weighted by atomic mass is 32.1. The summed E-state index contributed by atoms with van der Waals surface area (Å²) in [6, 6.07) is 8.30. The molecular formula is C18H20N6S. The van der Waals surface area contributed by atoms with Gasteiger partial charge in [0.1, 0.15) is 5.69 Å². The van der Waals surface area contributed by atoms with E-state index in [1.165, 1.54) is 5.56 Å². The fourth-order valence-electron chi connectivity index (χ4n) is 3.43. The van der Waals surface area contributed by atoms with E-state index in [9.17, 15) is 0 Å². The van der Waals surface area contributed by atoms with Gasteiger partial charge in [-0.25, -0.2) is 0 Å². The van der Waals surface area contributed by atoms with E-state index in [-0.39, 0.29) is 6.04 Å². The Hall–Kier alpha value is -2.54. The van der Waals surface area contributed by atoms with Crippen LogP contribution in [0.25, 0.3) is 0 Å². The Labute approximate surface area is 152 Å². The van der Waals surface area contributed by atoms with Crippen molar-refractivity contribution in [2.45, 2.75) is 25.3 Å². The van der Waals surface area contributed by atoms with E-state index in [1.807, 2.05) is 24.4 Å². The lowest BCUT2D eigenvalue weighted by atomic mass is 10.1. The second kappa shape index (κ2) is 7.14. The lowest BCUT2D eigenvalue weighted by Crippen LogP contribution is -2.37. The van der Waals surface area contributed by atoms with Gasteiger partial charge in [0.05, 0.1) is 17.4 Å². The minimum absolute atomic E-state index is 0.271. The number of anilines is 1. The zero-order valence-corrected chi connectivity index (χ0v) is 14.7. The topological polar surface area (TPSA) is 65.4 Å². The number of rotatable bonds is 2. The van der Waals surface area contributed by atoms with Crippen LogP contribution in [0.4, 0.5) is 5.69 Å². The SMILES string of the molecule is S=C(N/N=C1/CCNc2cccnc21)N1CCCC1c1cccnc1. The number of thiocarbonyl (C=S) groups is 1. The molecule has 2 aliphatic rings. The van der Waals surface area contributed by atoms with Crippen molar-refractivity contribution < 1.29 is 0 Å². The number of fused-ring (bicyclic) bond motifs is 1. The number of pyridine rings is 2. The number of likely N-dealkylation sites (tertiary alicyclic amines) is 1. The van der Waals surface area contributed by atoms with Crippen LogP contribution in [0.5, 0.6) is 0 Å². The third-order valence-corrected chi connectivity index (χ3v) is 4.95. The Kier molecular flexibility index (Phi) is 4.56. The van der Waals surface area contributed by atoms with Gasteiger partial charge in [0.2, 0.25) is 0 Å². The van der Waals surface area contributed by atoms with E-state index in [4.69, 9.17) is 12.2 Å². The van der Waals surface area contributed by atoms with Crippen molar-refractivity contribution in [3.63, 3.8) is 0 Å². The van der Waals surface area contributed by atoms with Crippen molar-refractivity contribution in [3.05, 3.63) is 54.1 Å². The average Bonchev–Trinajstić information content (AvgIpc) is 3.17. The van der Waals surface area contributed by atoms with E-state index < -0.39 is 0 Å². The summed E-state index contributed by atoms with van der Waals surface area (Å²) < 4.78 is 0. The first-order valence-electron chi connectivity index (χ1n) is 8.55. The van der Waals surface area contributed by atoms with Gasteiger partial charge < -0.3 is 10.2 Å². The van der Waals surface area contributed by atoms with Crippen LogP contribution in [0.1, 0.15) is 36.6 Å². The molecule has 0 spiro atoms. The van der Waals surface area contributed by atoms with Gasteiger partial charge in [0.25, 0.3) is 0 Å². The Morgan fingerprint density at radius 2 is 2.24 bits per heavy atom. The Bertz CT molecular complexity index is 791. The number of aromatic nitrogens is 2. The summed E-state index contributed by atoms with van der Waals surface area (Å²) in [5.41, 5.74) is 7.15. The molecule has 2 N–H and O–H groups in total. The largest absolute Gasteiger partial charge is 0.383 e. The molecule has 2 aliphatic heterocycles. The number of hydrogen-bond donors (Lipinski definition) is 2. The lowest BCUT2D eigenvalue weighted by Gasteiger charge is -2.27. The van der Waals surface area contributed by atoms with Gasteiger partial charge in [-0.3, -0.25) is 15.4 Å². The first-order chi connectivity index (χ1) is 12.3. The van der Waals surface area contributed by atoms with Crippen LogP contribution in [0.15, 0.2) is 48.0 Å². The minimum Gasteiger partial charge on any atom is -0.383 e. The van der Waals surface area contributed by atoms with Crippen LogP contribution in [0.2, 0.25) is 0 Å². The average molecular weight is 352 g/mol. The first kappa shape index (κ1) is 16.0. The standard InChI is InChI=1S/C18H20N6S/c25-18(24-11-3-6-16(24)13-4-1-8-19-12-13)23-22-15-7-10-20-14-5-2-9-21-17(14)15/h1-2,4-5,8-9,12,16,20H,3,6-7,10-11H2,(H,23,25)/b22-15-. The van der Waals surface area contributed by atoms with Crippen LogP contribution in [-0.4, -0.2) is 38.8 Å². The Balaban J connectivity index is 1.49. The highest BCUT2D eigenvalue weighted by Crippen LogP contribution is 2.31. The summed E-state index contributed by atoms with van der Waals surface area (Å²) in [6.45, 7) is 1.79. The molecule has 2 aromatic rings. The molecule has 0 saturated carbocycles. The summed E-state index contributed by atoms with van der Waals surface area (Å²) >= 11 is 5.61. The van der Waals surface area contributed by atoms with Crippen LogP contribution in [-0.2, 0) is 0 Å². The third-order valence-electron chi connectivity index (χ3n) is 4.63. The number of hydrogen-bond acceptors (Lipinski definition) is 5. The number of hydrazone groups is 1. The van der Waals surface area contributed by atoms with E-state index >= 15 is 0 Å². The molecule has 0 aliphatic carbocycles. The van der Waals surface area contributed by atoms with Crippen LogP contribution >= 0.6 is 12.2 Å².